The lowest BCUT2D eigenvalue weighted by molar-refractivity contribution is 0.550. The molecule has 0 heteroatoms. The van der Waals surface area contributed by atoms with Crippen LogP contribution < -0.4 is 0 Å². The van der Waals surface area contributed by atoms with Crippen molar-refractivity contribution in [3.8, 4) is 0 Å². The van der Waals surface area contributed by atoms with E-state index in [0.29, 0.717) is 0 Å². The predicted octanol–water partition coefficient (Wildman–Crippen LogP) is 5.52. The van der Waals surface area contributed by atoms with Gasteiger partial charge in [0.2, 0.25) is 0 Å². The normalized spacial score (nSPS) is 10.7. The van der Waals surface area contributed by atoms with Gasteiger partial charge >= 0.3 is 0 Å². The van der Waals surface area contributed by atoms with Gasteiger partial charge in [-0.15, -0.1) is 0 Å². The van der Waals surface area contributed by atoms with Gasteiger partial charge in [0, 0.05) is 0 Å². The molecular formula is C14H29. The topological polar surface area (TPSA) is 0 Å². The molecule has 0 bridgehead atoms. The fraction of sp³-hybridized carbons (Fsp3) is 0.929. The molecule has 85 valence electrons. The Kier molecular flexibility index (Phi) is 13.0. The summed E-state index contributed by atoms with van der Waals surface area (Å²) in [5.74, 6) is 0. The first-order chi connectivity index (χ1) is 6.91. The molecule has 0 nitrogen and oxygen atoms in total. The SMILES string of the molecule is [CH2]CCCCCCCCCCCCC. The average molecular weight is 197 g/mol. The van der Waals surface area contributed by atoms with Gasteiger partial charge in [0.25, 0.3) is 0 Å². The van der Waals surface area contributed by atoms with Crippen molar-refractivity contribution in [2.75, 3.05) is 0 Å². The molecule has 0 aromatic heterocycles. The van der Waals surface area contributed by atoms with E-state index in [1.807, 2.05) is 0 Å². The standard InChI is InChI=1S/C14H29/c1-3-5-7-9-11-13-14-12-10-8-6-4-2/h1,3-14H2,2H3. The van der Waals surface area contributed by atoms with Crippen molar-refractivity contribution in [3.63, 3.8) is 0 Å². The molecule has 0 rings (SSSR count). The monoisotopic (exact) mass is 197 g/mol. The number of hydrogen-bond donors (Lipinski definition) is 0. The summed E-state index contributed by atoms with van der Waals surface area (Å²) in [5, 5.41) is 0. The van der Waals surface area contributed by atoms with Gasteiger partial charge in [-0.05, 0) is 0 Å². The molecule has 0 atom stereocenters. The smallest absolute Gasteiger partial charge is 0.0533 e. The Morgan fingerprint density at radius 1 is 0.571 bits per heavy atom. The van der Waals surface area contributed by atoms with Crippen molar-refractivity contribution in [2.24, 2.45) is 0 Å². The molecule has 0 saturated heterocycles. The highest BCUT2D eigenvalue weighted by Crippen LogP contribution is 2.11. The first-order valence-corrected chi connectivity index (χ1v) is 6.71. The molecule has 0 heterocycles. The highest BCUT2D eigenvalue weighted by atomic mass is 14.0. The highest BCUT2D eigenvalue weighted by molar-refractivity contribution is 4.48. The summed E-state index contributed by atoms with van der Waals surface area (Å²) in [7, 11) is 0. The van der Waals surface area contributed by atoms with Crippen LogP contribution >= 0.6 is 0 Å². The molecule has 0 aliphatic heterocycles. The Bertz CT molecular complexity index is 74.0. The van der Waals surface area contributed by atoms with Crippen LogP contribution in [-0.4, -0.2) is 0 Å². The van der Waals surface area contributed by atoms with Crippen LogP contribution in [0.3, 0.4) is 0 Å². The van der Waals surface area contributed by atoms with E-state index in [-0.39, 0.29) is 0 Å². The van der Waals surface area contributed by atoms with E-state index in [1.165, 1.54) is 70.6 Å². The molecule has 0 unspecified atom stereocenters. The van der Waals surface area contributed by atoms with Gasteiger partial charge in [0.05, 0.1) is 0 Å². The van der Waals surface area contributed by atoms with Gasteiger partial charge in [-0.25, -0.2) is 0 Å². The summed E-state index contributed by atoms with van der Waals surface area (Å²) in [6.45, 7) is 6.14. The van der Waals surface area contributed by atoms with Crippen LogP contribution in [0.2, 0.25) is 0 Å². The minimum absolute atomic E-state index is 1.12. The van der Waals surface area contributed by atoms with Crippen LogP contribution in [0.15, 0.2) is 0 Å². The minimum atomic E-state index is 1.12. The second kappa shape index (κ2) is 13.0. The molecule has 1 radical (unpaired) electrons. The van der Waals surface area contributed by atoms with Crippen molar-refractivity contribution in [1.29, 1.82) is 0 Å². The zero-order valence-electron chi connectivity index (χ0n) is 10.2. The molecular weight excluding hydrogens is 168 g/mol. The largest absolute Gasteiger partial charge is 0.0654 e. The van der Waals surface area contributed by atoms with Gasteiger partial charge in [-0.3, -0.25) is 0 Å². The van der Waals surface area contributed by atoms with E-state index in [2.05, 4.69) is 13.8 Å². The molecule has 14 heavy (non-hydrogen) atoms. The Hall–Kier alpha value is 0. The maximum Gasteiger partial charge on any atom is -0.0533 e. The Labute approximate surface area is 91.5 Å². The van der Waals surface area contributed by atoms with Crippen molar-refractivity contribution in [1.82, 2.24) is 0 Å². The molecule has 0 fully saturated rings. The van der Waals surface area contributed by atoms with Crippen LogP contribution in [0.5, 0.6) is 0 Å². The predicted molar refractivity (Wildman–Crippen MR) is 66.4 cm³/mol. The summed E-state index contributed by atoms with van der Waals surface area (Å²) >= 11 is 0. The lowest BCUT2D eigenvalue weighted by Crippen LogP contribution is -1.81. The second-order valence-electron chi connectivity index (χ2n) is 4.39. The summed E-state index contributed by atoms with van der Waals surface area (Å²) < 4.78 is 0. The molecule has 0 aliphatic rings. The van der Waals surface area contributed by atoms with E-state index in [9.17, 15) is 0 Å². The van der Waals surface area contributed by atoms with Gasteiger partial charge in [0.15, 0.2) is 0 Å². The third-order valence-corrected chi connectivity index (χ3v) is 2.85. The quantitative estimate of drug-likeness (QED) is 0.382. The third kappa shape index (κ3) is 12.0. The van der Waals surface area contributed by atoms with Gasteiger partial charge in [-0.1, -0.05) is 90.9 Å². The molecule has 0 N–H and O–H groups in total. The molecule has 0 aromatic rings. The van der Waals surface area contributed by atoms with Crippen molar-refractivity contribution in [3.05, 3.63) is 6.92 Å². The lowest BCUT2D eigenvalue weighted by atomic mass is 10.1. The van der Waals surface area contributed by atoms with E-state index in [0.717, 1.165) is 6.42 Å². The summed E-state index contributed by atoms with van der Waals surface area (Å²) in [4.78, 5) is 0. The van der Waals surface area contributed by atoms with E-state index in [1.54, 1.807) is 0 Å². The third-order valence-electron chi connectivity index (χ3n) is 2.85. The number of hydrogen-bond acceptors (Lipinski definition) is 0. The maximum absolute atomic E-state index is 3.86. The molecule has 0 spiro atoms. The molecule has 0 aliphatic carbocycles. The van der Waals surface area contributed by atoms with Crippen LogP contribution in [0, 0.1) is 6.92 Å². The van der Waals surface area contributed by atoms with Gasteiger partial charge in [0.1, 0.15) is 0 Å². The number of rotatable bonds is 11. The lowest BCUT2D eigenvalue weighted by Gasteiger charge is -2.01. The second-order valence-corrected chi connectivity index (χ2v) is 4.39. The van der Waals surface area contributed by atoms with Crippen molar-refractivity contribution < 1.29 is 0 Å². The minimum Gasteiger partial charge on any atom is -0.0654 e. The highest BCUT2D eigenvalue weighted by Gasteiger charge is 1.91. The zero-order chi connectivity index (χ0) is 10.5. The zero-order valence-corrected chi connectivity index (χ0v) is 10.2. The summed E-state index contributed by atoms with van der Waals surface area (Å²) in [6.07, 6.45) is 16.9. The summed E-state index contributed by atoms with van der Waals surface area (Å²) in [6, 6.07) is 0. The Morgan fingerprint density at radius 2 is 0.929 bits per heavy atom. The Morgan fingerprint density at radius 3 is 1.29 bits per heavy atom. The Balaban J connectivity index is 2.78. The first kappa shape index (κ1) is 14.0. The first-order valence-electron chi connectivity index (χ1n) is 6.71. The van der Waals surface area contributed by atoms with Crippen LogP contribution in [0.4, 0.5) is 0 Å². The van der Waals surface area contributed by atoms with Crippen molar-refractivity contribution in [2.45, 2.75) is 84.0 Å². The summed E-state index contributed by atoms with van der Waals surface area (Å²) in [5.41, 5.74) is 0. The van der Waals surface area contributed by atoms with Crippen LogP contribution in [0.1, 0.15) is 84.0 Å². The molecule has 0 amide bonds. The van der Waals surface area contributed by atoms with E-state index >= 15 is 0 Å². The fourth-order valence-electron chi connectivity index (χ4n) is 1.84. The average Bonchev–Trinajstić information content (AvgIpc) is 2.21. The molecule has 0 saturated carbocycles. The van der Waals surface area contributed by atoms with E-state index in [4.69, 9.17) is 0 Å². The van der Waals surface area contributed by atoms with Crippen molar-refractivity contribution >= 4 is 0 Å². The van der Waals surface area contributed by atoms with Crippen LogP contribution in [-0.2, 0) is 0 Å². The maximum atomic E-state index is 3.86. The van der Waals surface area contributed by atoms with Gasteiger partial charge in [-0.2, -0.15) is 0 Å². The van der Waals surface area contributed by atoms with Gasteiger partial charge < -0.3 is 0 Å². The fourth-order valence-corrected chi connectivity index (χ4v) is 1.84. The number of unbranched alkanes of at least 4 members (excludes halogenated alkanes) is 11. The van der Waals surface area contributed by atoms with E-state index < -0.39 is 0 Å². The van der Waals surface area contributed by atoms with Crippen LogP contribution in [0.25, 0.3) is 0 Å². The molecule has 0 aromatic carbocycles.